The van der Waals surface area contributed by atoms with Gasteiger partial charge in [0.05, 0.1) is 6.54 Å². The van der Waals surface area contributed by atoms with Crippen LogP contribution in [0.3, 0.4) is 0 Å². The molecule has 0 aliphatic heterocycles. The maximum atomic E-state index is 12.0. The number of aromatic nitrogens is 3. The van der Waals surface area contributed by atoms with Gasteiger partial charge in [-0.05, 0) is 39.0 Å². The molecule has 0 radical (unpaired) electrons. The fourth-order valence-corrected chi connectivity index (χ4v) is 1.96. The summed E-state index contributed by atoms with van der Waals surface area (Å²) in [5.41, 5.74) is 2.62. The third kappa shape index (κ3) is 4.24. The molecule has 0 bridgehead atoms. The average molecular weight is 285 g/mol. The van der Waals surface area contributed by atoms with E-state index in [1.165, 1.54) is 0 Å². The Morgan fingerprint density at radius 3 is 2.38 bits per heavy atom. The van der Waals surface area contributed by atoms with E-state index >= 15 is 0 Å². The largest absolute Gasteiger partial charge is 0.335 e. The number of pyridine rings is 1. The molecule has 0 aliphatic carbocycles. The lowest BCUT2D eigenvalue weighted by Crippen LogP contribution is -2.31. The molecule has 0 saturated heterocycles. The summed E-state index contributed by atoms with van der Waals surface area (Å²) in [7, 11) is 1.79. The van der Waals surface area contributed by atoms with Gasteiger partial charge in [0.2, 0.25) is 11.9 Å². The monoisotopic (exact) mass is 285 g/mol. The molecular weight excluding hydrogens is 266 g/mol. The highest BCUT2D eigenvalue weighted by molar-refractivity contribution is 5.92. The van der Waals surface area contributed by atoms with Gasteiger partial charge in [0, 0.05) is 24.1 Å². The van der Waals surface area contributed by atoms with Gasteiger partial charge in [-0.3, -0.25) is 4.79 Å². The number of anilines is 2. The van der Waals surface area contributed by atoms with Crippen LogP contribution in [0.1, 0.15) is 17.1 Å². The van der Waals surface area contributed by atoms with Gasteiger partial charge in [-0.1, -0.05) is 6.07 Å². The first kappa shape index (κ1) is 14.9. The molecule has 1 amide bonds. The van der Waals surface area contributed by atoms with Gasteiger partial charge in [0.1, 0.15) is 5.82 Å². The molecule has 2 aromatic rings. The Morgan fingerprint density at radius 2 is 1.76 bits per heavy atom. The highest BCUT2D eigenvalue weighted by Gasteiger charge is 2.11. The number of rotatable bonds is 4. The van der Waals surface area contributed by atoms with Crippen LogP contribution in [0.15, 0.2) is 24.3 Å². The lowest BCUT2D eigenvalue weighted by molar-refractivity contribution is -0.115. The number of carbonyl (C=O) groups excluding carboxylic acids is 1. The van der Waals surface area contributed by atoms with E-state index in [4.69, 9.17) is 0 Å². The van der Waals surface area contributed by atoms with Crippen molar-refractivity contribution in [2.24, 2.45) is 0 Å². The standard InChI is InChI=1S/C15H19N5O/c1-10-6-5-7-13(16-10)19-14(21)9-20(4)15-17-11(2)8-12(3)18-15/h5-8H,9H2,1-4H3,(H,16,19,21). The van der Waals surface area contributed by atoms with Gasteiger partial charge < -0.3 is 10.2 Å². The molecular formula is C15H19N5O. The molecule has 6 heteroatoms. The van der Waals surface area contributed by atoms with E-state index in [9.17, 15) is 4.79 Å². The molecule has 0 aromatic carbocycles. The maximum Gasteiger partial charge on any atom is 0.245 e. The van der Waals surface area contributed by atoms with Crippen LogP contribution in [-0.4, -0.2) is 34.5 Å². The second-order valence-electron chi connectivity index (χ2n) is 5.02. The average Bonchev–Trinajstić information content (AvgIpc) is 2.37. The zero-order valence-corrected chi connectivity index (χ0v) is 12.7. The lowest BCUT2D eigenvalue weighted by Gasteiger charge is -2.17. The van der Waals surface area contributed by atoms with E-state index in [-0.39, 0.29) is 12.5 Å². The summed E-state index contributed by atoms with van der Waals surface area (Å²) >= 11 is 0. The van der Waals surface area contributed by atoms with Gasteiger partial charge in [0.15, 0.2) is 0 Å². The van der Waals surface area contributed by atoms with E-state index in [1.54, 1.807) is 18.0 Å². The Labute approximate surface area is 124 Å². The van der Waals surface area contributed by atoms with Crippen LogP contribution in [0, 0.1) is 20.8 Å². The predicted octanol–water partition coefficient (Wildman–Crippen LogP) is 1.87. The molecule has 21 heavy (non-hydrogen) atoms. The molecule has 0 atom stereocenters. The van der Waals surface area contributed by atoms with Crippen LogP contribution in [0.4, 0.5) is 11.8 Å². The van der Waals surface area contributed by atoms with Crippen molar-refractivity contribution in [3.63, 3.8) is 0 Å². The second-order valence-corrected chi connectivity index (χ2v) is 5.02. The molecule has 1 N–H and O–H groups in total. The zero-order valence-electron chi connectivity index (χ0n) is 12.7. The van der Waals surface area contributed by atoms with Gasteiger partial charge >= 0.3 is 0 Å². The van der Waals surface area contributed by atoms with Crippen LogP contribution in [-0.2, 0) is 4.79 Å². The fourth-order valence-electron chi connectivity index (χ4n) is 1.96. The predicted molar refractivity (Wildman–Crippen MR) is 82.4 cm³/mol. The second kappa shape index (κ2) is 6.30. The lowest BCUT2D eigenvalue weighted by atomic mass is 10.3. The van der Waals surface area contributed by atoms with Crippen LogP contribution in [0.5, 0.6) is 0 Å². The van der Waals surface area contributed by atoms with Crippen LogP contribution in [0.2, 0.25) is 0 Å². The van der Waals surface area contributed by atoms with Crippen molar-refractivity contribution in [2.75, 3.05) is 23.8 Å². The number of aryl methyl sites for hydroxylation is 3. The number of amides is 1. The Bertz CT molecular complexity index is 636. The molecule has 0 fully saturated rings. The van der Waals surface area contributed by atoms with E-state index in [1.807, 2.05) is 39.0 Å². The van der Waals surface area contributed by atoms with Crippen LogP contribution in [0.25, 0.3) is 0 Å². The minimum atomic E-state index is -0.154. The van der Waals surface area contributed by atoms with E-state index in [0.717, 1.165) is 17.1 Å². The molecule has 6 nitrogen and oxygen atoms in total. The fraction of sp³-hybridized carbons (Fsp3) is 0.333. The van der Waals surface area contributed by atoms with Crippen molar-refractivity contribution in [3.05, 3.63) is 41.3 Å². The minimum absolute atomic E-state index is 0.154. The van der Waals surface area contributed by atoms with E-state index in [0.29, 0.717) is 11.8 Å². The van der Waals surface area contributed by atoms with Gasteiger partial charge in [-0.15, -0.1) is 0 Å². The summed E-state index contributed by atoms with van der Waals surface area (Å²) in [6.45, 7) is 5.86. The Kier molecular flexibility index (Phi) is 4.47. The number of hydrogen-bond donors (Lipinski definition) is 1. The third-order valence-corrected chi connectivity index (χ3v) is 2.85. The van der Waals surface area contributed by atoms with Crippen molar-refractivity contribution in [1.82, 2.24) is 15.0 Å². The summed E-state index contributed by atoms with van der Waals surface area (Å²) in [6.07, 6.45) is 0. The van der Waals surface area contributed by atoms with Crippen molar-refractivity contribution in [3.8, 4) is 0 Å². The third-order valence-electron chi connectivity index (χ3n) is 2.85. The summed E-state index contributed by atoms with van der Waals surface area (Å²) in [6, 6.07) is 7.39. The number of carbonyl (C=O) groups is 1. The van der Waals surface area contributed by atoms with Gasteiger partial charge in [-0.25, -0.2) is 15.0 Å². The van der Waals surface area contributed by atoms with Crippen molar-refractivity contribution in [2.45, 2.75) is 20.8 Å². The van der Waals surface area contributed by atoms with Gasteiger partial charge in [0.25, 0.3) is 0 Å². The zero-order chi connectivity index (χ0) is 15.4. The summed E-state index contributed by atoms with van der Waals surface area (Å²) in [4.78, 5) is 26.6. The molecule has 0 unspecified atom stereocenters. The molecule has 2 heterocycles. The quantitative estimate of drug-likeness (QED) is 0.928. The topological polar surface area (TPSA) is 71.0 Å². The SMILES string of the molecule is Cc1cccc(NC(=O)CN(C)c2nc(C)cc(C)n2)n1. The summed E-state index contributed by atoms with van der Waals surface area (Å²) in [5.74, 6) is 0.938. The van der Waals surface area contributed by atoms with Crippen molar-refractivity contribution >= 4 is 17.7 Å². The van der Waals surface area contributed by atoms with Crippen LogP contribution < -0.4 is 10.2 Å². The van der Waals surface area contributed by atoms with E-state index < -0.39 is 0 Å². The smallest absolute Gasteiger partial charge is 0.245 e. The summed E-state index contributed by atoms with van der Waals surface area (Å²) in [5, 5.41) is 2.77. The first-order valence-corrected chi connectivity index (χ1v) is 6.71. The first-order chi connectivity index (χ1) is 9.94. The molecule has 110 valence electrons. The minimum Gasteiger partial charge on any atom is -0.335 e. The number of nitrogens with zero attached hydrogens (tertiary/aromatic N) is 4. The molecule has 2 aromatic heterocycles. The normalized spacial score (nSPS) is 10.3. The molecule has 0 saturated carbocycles. The molecule has 2 rings (SSSR count). The van der Waals surface area contributed by atoms with Crippen molar-refractivity contribution in [1.29, 1.82) is 0 Å². The number of hydrogen-bond acceptors (Lipinski definition) is 5. The Morgan fingerprint density at radius 1 is 1.10 bits per heavy atom. The highest BCUT2D eigenvalue weighted by atomic mass is 16.2. The molecule has 0 spiro atoms. The summed E-state index contributed by atoms with van der Waals surface area (Å²) < 4.78 is 0. The maximum absolute atomic E-state index is 12.0. The first-order valence-electron chi connectivity index (χ1n) is 6.71. The molecule has 0 aliphatic rings. The Balaban J connectivity index is 2.02. The highest BCUT2D eigenvalue weighted by Crippen LogP contribution is 2.09. The van der Waals surface area contributed by atoms with Crippen LogP contribution >= 0.6 is 0 Å². The number of nitrogens with one attached hydrogen (secondary N) is 1. The number of likely N-dealkylation sites (N-methyl/N-ethyl adjacent to an activating group) is 1. The van der Waals surface area contributed by atoms with E-state index in [2.05, 4.69) is 20.3 Å². The van der Waals surface area contributed by atoms with Gasteiger partial charge in [-0.2, -0.15) is 0 Å². The Hall–Kier alpha value is -2.50. The van der Waals surface area contributed by atoms with Crippen molar-refractivity contribution < 1.29 is 4.79 Å².